The predicted molar refractivity (Wildman–Crippen MR) is 72.9 cm³/mol. The SMILES string of the molecule is Nc1c(F)cccc1C(=O)Nc1ccc(Br)c(F)c1. The van der Waals surface area contributed by atoms with Gasteiger partial charge in [0, 0.05) is 5.69 Å². The second kappa shape index (κ2) is 5.36. The van der Waals surface area contributed by atoms with Crippen LogP contribution in [0.2, 0.25) is 0 Å². The lowest BCUT2D eigenvalue weighted by Gasteiger charge is -2.08. The van der Waals surface area contributed by atoms with Gasteiger partial charge in [0.25, 0.3) is 5.91 Å². The molecule has 3 N–H and O–H groups in total. The van der Waals surface area contributed by atoms with Crippen molar-refractivity contribution in [2.24, 2.45) is 0 Å². The largest absolute Gasteiger partial charge is 0.396 e. The van der Waals surface area contributed by atoms with E-state index < -0.39 is 17.5 Å². The third-order valence-corrected chi connectivity index (χ3v) is 3.12. The molecule has 0 fully saturated rings. The Labute approximate surface area is 116 Å². The van der Waals surface area contributed by atoms with E-state index in [0.717, 1.165) is 12.1 Å². The van der Waals surface area contributed by atoms with Crippen LogP contribution in [0.25, 0.3) is 0 Å². The summed E-state index contributed by atoms with van der Waals surface area (Å²) in [7, 11) is 0. The number of halogens is 3. The second-order valence-corrected chi connectivity index (χ2v) is 4.64. The molecular weight excluding hydrogens is 318 g/mol. The number of nitrogens with one attached hydrogen (secondary N) is 1. The molecule has 0 aromatic heterocycles. The summed E-state index contributed by atoms with van der Waals surface area (Å²) in [5, 5.41) is 2.45. The van der Waals surface area contributed by atoms with Gasteiger partial charge in [-0.3, -0.25) is 4.79 Å². The van der Waals surface area contributed by atoms with Crippen LogP contribution in [0.15, 0.2) is 40.9 Å². The van der Waals surface area contributed by atoms with Crippen LogP contribution in [0.3, 0.4) is 0 Å². The molecule has 0 aliphatic heterocycles. The van der Waals surface area contributed by atoms with E-state index in [0.29, 0.717) is 0 Å². The van der Waals surface area contributed by atoms with E-state index >= 15 is 0 Å². The molecule has 2 aromatic carbocycles. The van der Waals surface area contributed by atoms with Gasteiger partial charge < -0.3 is 11.1 Å². The Bertz CT molecular complexity index is 647. The van der Waals surface area contributed by atoms with E-state index in [1.54, 1.807) is 0 Å². The lowest BCUT2D eigenvalue weighted by molar-refractivity contribution is 0.102. The van der Waals surface area contributed by atoms with Gasteiger partial charge in [0.2, 0.25) is 0 Å². The number of nitrogen functional groups attached to an aromatic ring is 1. The monoisotopic (exact) mass is 326 g/mol. The first kappa shape index (κ1) is 13.5. The first-order valence-corrected chi connectivity index (χ1v) is 6.08. The zero-order chi connectivity index (χ0) is 14.0. The van der Waals surface area contributed by atoms with Crippen LogP contribution in [-0.2, 0) is 0 Å². The molecule has 0 aliphatic rings. The molecule has 6 heteroatoms. The number of amides is 1. The molecular formula is C13H9BrF2N2O. The van der Waals surface area contributed by atoms with Gasteiger partial charge in [0.1, 0.15) is 11.6 Å². The van der Waals surface area contributed by atoms with Crippen LogP contribution < -0.4 is 11.1 Å². The molecule has 0 unspecified atom stereocenters. The fourth-order valence-electron chi connectivity index (χ4n) is 1.51. The Morgan fingerprint density at radius 1 is 1.16 bits per heavy atom. The molecule has 19 heavy (non-hydrogen) atoms. The van der Waals surface area contributed by atoms with Gasteiger partial charge in [0.15, 0.2) is 0 Å². The standard InChI is InChI=1S/C13H9BrF2N2O/c14-9-5-4-7(6-11(9)16)18-13(19)8-2-1-3-10(15)12(8)17/h1-6H,17H2,(H,18,19). The summed E-state index contributed by atoms with van der Waals surface area (Å²) in [6, 6.07) is 8.05. The number of anilines is 2. The van der Waals surface area contributed by atoms with E-state index in [-0.39, 0.29) is 21.4 Å². The van der Waals surface area contributed by atoms with Crippen LogP contribution in [0, 0.1) is 11.6 Å². The van der Waals surface area contributed by atoms with Crippen molar-refractivity contribution in [3.05, 3.63) is 58.1 Å². The Balaban J connectivity index is 2.26. The van der Waals surface area contributed by atoms with Crippen molar-refractivity contribution in [1.29, 1.82) is 0 Å². The van der Waals surface area contributed by atoms with Crippen molar-refractivity contribution in [2.45, 2.75) is 0 Å². The van der Waals surface area contributed by atoms with Gasteiger partial charge >= 0.3 is 0 Å². The van der Waals surface area contributed by atoms with E-state index in [4.69, 9.17) is 5.73 Å². The van der Waals surface area contributed by atoms with Gasteiger partial charge in [-0.1, -0.05) is 6.07 Å². The van der Waals surface area contributed by atoms with Gasteiger partial charge in [-0.15, -0.1) is 0 Å². The molecule has 0 heterocycles. The average molecular weight is 327 g/mol. The second-order valence-electron chi connectivity index (χ2n) is 3.78. The summed E-state index contributed by atoms with van der Waals surface area (Å²) in [6.07, 6.45) is 0. The van der Waals surface area contributed by atoms with Gasteiger partial charge in [-0.05, 0) is 46.3 Å². The highest BCUT2D eigenvalue weighted by atomic mass is 79.9. The molecule has 2 rings (SSSR count). The smallest absolute Gasteiger partial charge is 0.257 e. The quantitative estimate of drug-likeness (QED) is 0.829. The third-order valence-electron chi connectivity index (χ3n) is 2.48. The first-order chi connectivity index (χ1) is 8.99. The molecule has 0 saturated heterocycles. The molecule has 0 spiro atoms. The predicted octanol–water partition coefficient (Wildman–Crippen LogP) is 3.56. The van der Waals surface area contributed by atoms with Crippen molar-refractivity contribution in [2.75, 3.05) is 11.1 Å². The summed E-state index contributed by atoms with van der Waals surface area (Å²) in [5.74, 6) is -1.78. The van der Waals surface area contributed by atoms with Crippen LogP contribution in [0.4, 0.5) is 20.2 Å². The zero-order valence-corrected chi connectivity index (χ0v) is 11.2. The number of benzene rings is 2. The highest BCUT2D eigenvalue weighted by Crippen LogP contribution is 2.21. The molecule has 1 amide bonds. The highest BCUT2D eigenvalue weighted by Gasteiger charge is 2.13. The molecule has 0 atom stereocenters. The Morgan fingerprint density at radius 3 is 2.58 bits per heavy atom. The number of carbonyl (C=O) groups is 1. The van der Waals surface area contributed by atoms with Gasteiger partial charge in [-0.25, -0.2) is 8.78 Å². The Hall–Kier alpha value is -1.95. The number of para-hydroxylation sites is 1. The van der Waals surface area contributed by atoms with E-state index in [2.05, 4.69) is 21.2 Å². The summed E-state index contributed by atoms with van der Waals surface area (Å²) >= 11 is 3.00. The topological polar surface area (TPSA) is 55.1 Å². The third kappa shape index (κ3) is 2.90. The van der Waals surface area contributed by atoms with Gasteiger partial charge in [0.05, 0.1) is 15.7 Å². The lowest BCUT2D eigenvalue weighted by atomic mass is 10.1. The van der Waals surface area contributed by atoms with Crippen LogP contribution in [-0.4, -0.2) is 5.91 Å². The van der Waals surface area contributed by atoms with Crippen LogP contribution >= 0.6 is 15.9 Å². The summed E-state index contributed by atoms with van der Waals surface area (Å²) < 4.78 is 26.8. The fraction of sp³-hybridized carbons (Fsp3) is 0. The Kier molecular flexibility index (Phi) is 3.80. The van der Waals surface area contributed by atoms with E-state index in [1.165, 1.54) is 24.3 Å². The minimum absolute atomic E-state index is 0.00308. The number of nitrogens with two attached hydrogens (primary N) is 1. The molecule has 98 valence electrons. The average Bonchev–Trinajstić information content (AvgIpc) is 2.37. The number of carbonyl (C=O) groups excluding carboxylic acids is 1. The maximum absolute atomic E-state index is 13.3. The van der Waals surface area contributed by atoms with Crippen molar-refractivity contribution >= 4 is 33.2 Å². The molecule has 0 radical (unpaired) electrons. The maximum Gasteiger partial charge on any atom is 0.257 e. The van der Waals surface area contributed by atoms with Crippen LogP contribution in [0.1, 0.15) is 10.4 Å². The first-order valence-electron chi connectivity index (χ1n) is 5.29. The van der Waals surface area contributed by atoms with Crippen molar-refractivity contribution in [1.82, 2.24) is 0 Å². The molecule has 2 aromatic rings. The maximum atomic E-state index is 13.3. The van der Waals surface area contributed by atoms with E-state index in [9.17, 15) is 13.6 Å². The summed E-state index contributed by atoms with van der Waals surface area (Å²) in [5.41, 5.74) is 5.50. The number of hydrogen-bond donors (Lipinski definition) is 2. The van der Waals surface area contributed by atoms with Gasteiger partial charge in [-0.2, -0.15) is 0 Å². The minimum Gasteiger partial charge on any atom is -0.396 e. The number of rotatable bonds is 2. The molecule has 0 bridgehead atoms. The van der Waals surface area contributed by atoms with E-state index in [1.807, 2.05) is 0 Å². The van der Waals surface area contributed by atoms with Crippen LogP contribution in [0.5, 0.6) is 0 Å². The lowest BCUT2D eigenvalue weighted by Crippen LogP contribution is -2.14. The normalized spacial score (nSPS) is 10.3. The number of hydrogen-bond acceptors (Lipinski definition) is 2. The molecule has 0 aliphatic carbocycles. The molecule has 3 nitrogen and oxygen atoms in total. The fourth-order valence-corrected chi connectivity index (χ4v) is 1.75. The zero-order valence-electron chi connectivity index (χ0n) is 9.58. The minimum atomic E-state index is -0.672. The van der Waals surface area contributed by atoms with Crippen molar-refractivity contribution in [3.8, 4) is 0 Å². The van der Waals surface area contributed by atoms with Crippen molar-refractivity contribution < 1.29 is 13.6 Å². The highest BCUT2D eigenvalue weighted by molar-refractivity contribution is 9.10. The summed E-state index contributed by atoms with van der Waals surface area (Å²) in [4.78, 5) is 11.9. The van der Waals surface area contributed by atoms with Crippen molar-refractivity contribution in [3.63, 3.8) is 0 Å². The summed E-state index contributed by atoms with van der Waals surface area (Å²) in [6.45, 7) is 0. The Morgan fingerprint density at radius 2 is 1.89 bits per heavy atom. The molecule has 0 saturated carbocycles.